The SMILES string of the molecule is CCCCN1C(=O)c2ccc(C(=O)N3C[C@@H]4CCC[C@@]4(C(=O)O)C3)cc2C1=O. The number of carboxylic acids is 1. The maximum Gasteiger partial charge on any atom is 0.311 e. The molecule has 3 amide bonds. The van der Waals surface area contributed by atoms with E-state index in [9.17, 15) is 24.3 Å². The normalized spacial score (nSPS) is 26.0. The predicted octanol–water partition coefficient (Wildman–Crippen LogP) is 2.41. The molecule has 7 heteroatoms. The van der Waals surface area contributed by atoms with Gasteiger partial charge < -0.3 is 10.0 Å². The summed E-state index contributed by atoms with van der Waals surface area (Å²) < 4.78 is 0. The van der Waals surface area contributed by atoms with Gasteiger partial charge >= 0.3 is 5.97 Å². The van der Waals surface area contributed by atoms with Crippen LogP contribution in [0, 0.1) is 11.3 Å². The number of imide groups is 1. The van der Waals surface area contributed by atoms with Crippen molar-refractivity contribution in [3.05, 3.63) is 34.9 Å². The molecule has 1 saturated carbocycles. The van der Waals surface area contributed by atoms with E-state index in [1.54, 1.807) is 17.0 Å². The first kappa shape index (κ1) is 18.7. The van der Waals surface area contributed by atoms with Gasteiger partial charge in [-0.05, 0) is 43.4 Å². The Labute approximate surface area is 163 Å². The second-order valence-electron chi connectivity index (χ2n) is 8.11. The molecule has 7 nitrogen and oxygen atoms in total. The number of likely N-dealkylation sites (tertiary alicyclic amines) is 1. The molecular formula is C21H24N2O5. The summed E-state index contributed by atoms with van der Waals surface area (Å²) in [6.45, 7) is 3.00. The number of nitrogens with zero attached hydrogens (tertiary/aromatic N) is 2. The number of hydrogen-bond acceptors (Lipinski definition) is 4. The second-order valence-corrected chi connectivity index (χ2v) is 8.11. The molecule has 28 heavy (non-hydrogen) atoms. The van der Waals surface area contributed by atoms with Crippen LogP contribution < -0.4 is 0 Å². The number of amides is 3. The lowest BCUT2D eigenvalue weighted by Gasteiger charge is -2.23. The van der Waals surface area contributed by atoms with Crippen LogP contribution in [0.25, 0.3) is 0 Å². The van der Waals surface area contributed by atoms with Gasteiger partial charge in [0.2, 0.25) is 0 Å². The number of carbonyl (C=O) groups excluding carboxylic acids is 3. The molecule has 2 aliphatic heterocycles. The molecular weight excluding hydrogens is 360 g/mol. The van der Waals surface area contributed by atoms with Crippen molar-refractivity contribution < 1.29 is 24.3 Å². The highest BCUT2D eigenvalue weighted by molar-refractivity contribution is 6.22. The molecule has 4 rings (SSSR count). The van der Waals surface area contributed by atoms with Crippen molar-refractivity contribution in [2.75, 3.05) is 19.6 Å². The van der Waals surface area contributed by atoms with Crippen LogP contribution in [0.3, 0.4) is 0 Å². The van der Waals surface area contributed by atoms with Crippen LogP contribution in [-0.4, -0.2) is 58.2 Å². The molecule has 1 N–H and O–H groups in total. The van der Waals surface area contributed by atoms with Crippen molar-refractivity contribution >= 4 is 23.7 Å². The topological polar surface area (TPSA) is 95.0 Å². The Balaban J connectivity index is 1.57. The number of benzene rings is 1. The fourth-order valence-corrected chi connectivity index (χ4v) is 4.92. The smallest absolute Gasteiger partial charge is 0.311 e. The Morgan fingerprint density at radius 1 is 1.21 bits per heavy atom. The van der Waals surface area contributed by atoms with Crippen molar-refractivity contribution in [2.24, 2.45) is 11.3 Å². The van der Waals surface area contributed by atoms with Gasteiger partial charge in [-0.2, -0.15) is 0 Å². The lowest BCUT2D eigenvalue weighted by atomic mass is 9.81. The molecule has 0 radical (unpaired) electrons. The maximum atomic E-state index is 13.0. The molecule has 1 saturated heterocycles. The van der Waals surface area contributed by atoms with E-state index in [2.05, 4.69) is 0 Å². The number of hydrogen-bond donors (Lipinski definition) is 1. The summed E-state index contributed by atoms with van der Waals surface area (Å²) in [5.74, 6) is -1.79. The summed E-state index contributed by atoms with van der Waals surface area (Å²) in [6, 6.07) is 4.60. The maximum absolute atomic E-state index is 13.0. The number of carboxylic acid groups (broad SMARTS) is 1. The third-order valence-corrected chi connectivity index (χ3v) is 6.54. The fraction of sp³-hybridized carbons (Fsp3) is 0.524. The molecule has 0 bridgehead atoms. The van der Waals surface area contributed by atoms with Gasteiger partial charge in [0.25, 0.3) is 17.7 Å². The first-order valence-electron chi connectivity index (χ1n) is 9.92. The van der Waals surface area contributed by atoms with E-state index in [0.29, 0.717) is 30.6 Å². The molecule has 148 valence electrons. The molecule has 3 aliphatic rings. The minimum absolute atomic E-state index is 0.0175. The van der Waals surface area contributed by atoms with E-state index in [0.717, 1.165) is 25.7 Å². The first-order valence-corrected chi connectivity index (χ1v) is 9.92. The molecule has 1 aliphatic carbocycles. The van der Waals surface area contributed by atoms with Gasteiger partial charge in [-0.15, -0.1) is 0 Å². The van der Waals surface area contributed by atoms with Gasteiger partial charge in [-0.25, -0.2) is 0 Å². The van der Waals surface area contributed by atoms with Gasteiger partial charge in [0.1, 0.15) is 0 Å². The van der Waals surface area contributed by atoms with Crippen molar-refractivity contribution in [3.63, 3.8) is 0 Å². The van der Waals surface area contributed by atoms with Gasteiger partial charge in [0.05, 0.1) is 16.5 Å². The van der Waals surface area contributed by atoms with E-state index in [1.165, 1.54) is 11.0 Å². The van der Waals surface area contributed by atoms with Crippen LogP contribution in [0.5, 0.6) is 0 Å². The van der Waals surface area contributed by atoms with E-state index < -0.39 is 11.4 Å². The van der Waals surface area contributed by atoms with E-state index in [1.807, 2.05) is 6.92 Å². The molecule has 1 aromatic rings. The largest absolute Gasteiger partial charge is 0.481 e. The van der Waals surface area contributed by atoms with Crippen LogP contribution in [0.15, 0.2) is 18.2 Å². The summed E-state index contributed by atoms with van der Waals surface area (Å²) in [5, 5.41) is 9.71. The summed E-state index contributed by atoms with van der Waals surface area (Å²) in [4.78, 5) is 52.7. The highest BCUT2D eigenvalue weighted by Crippen LogP contribution is 2.49. The average molecular weight is 384 g/mol. The fourth-order valence-electron chi connectivity index (χ4n) is 4.92. The summed E-state index contributed by atoms with van der Waals surface area (Å²) in [5.41, 5.74) is 0.0878. The second kappa shape index (κ2) is 6.72. The minimum Gasteiger partial charge on any atom is -0.481 e. The minimum atomic E-state index is -0.838. The van der Waals surface area contributed by atoms with Crippen LogP contribution in [-0.2, 0) is 4.79 Å². The van der Waals surface area contributed by atoms with E-state index in [-0.39, 0.29) is 35.7 Å². The number of fused-ring (bicyclic) bond motifs is 2. The molecule has 2 fully saturated rings. The van der Waals surface area contributed by atoms with Crippen LogP contribution >= 0.6 is 0 Å². The molecule has 2 heterocycles. The highest BCUT2D eigenvalue weighted by atomic mass is 16.4. The Morgan fingerprint density at radius 3 is 2.64 bits per heavy atom. The zero-order valence-electron chi connectivity index (χ0n) is 15.9. The van der Waals surface area contributed by atoms with Crippen molar-refractivity contribution in [1.82, 2.24) is 9.80 Å². The quantitative estimate of drug-likeness (QED) is 0.787. The Bertz CT molecular complexity index is 880. The third-order valence-electron chi connectivity index (χ3n) is 6.54. The summed E-state index contributed by atoms with van der Waals surface area (Å²) in [7, 11) is 0. The van der Waals surface area contributed by atoms with E-state index in [4.69, 9.17) is 0 Å². The lowest BCUT2D eigenvalue weighted by Crippen LogP contribution is -2.37. The van der Waals surface area contributed by atoms with Gasteiger partial charge in [-0.1, -0.05) is 19.8 Å². The Kier molecular flexibility index (Phi) is 4.48. The molecule has 0 aromatic heterocycles. The number of aliphatic carboxylic acids is 1. The van der Waals surface area contributed by atoms with Crippen LogP contribution in [0.2, 0.25) is 0 Å². The van der Waals surface area contributed by atoms with Crippen molar-refractivity contribution in [2.45, 2.75) is 39.0 Å². The standard InChI is InChI=1S/C21H24N2O5/c1-2-3-9-23-18(25)15-7-6-13(10-16(15)19(23)26)17(24)22-11-14-5-4-8-21(14,12-22)20(27)28/h6-7,10,14H,2-5,8-9,11-12H2,1H3,(H,27,28)/t14-,21+/m0/s1. The van der Waals surface area contributed by atoms with Gasteiger partial charge in [0.15, 0.2) is 0 Å². The first-order chi connectivity index (χ1) is 13.4. The Hall–Kier alpha value is -2.70. The molecule has 1 aromatic carbocycles. The Morgan fingerprint density at radius 2 is 1.96 bits per heavy atom. The van der Waals surface area contributed by atoms with Crippen LogP contribution in [0.4, 0.5) is 0 Å². The van der Waals surface area contributed by atoms with E-state index >= 15 is 0 Å². The number of rotatable bonds is 5. The zero-order valence-corrected chi connectivity index (χ0v) is 15.9. The molecule has 2 atom stereocenters. The predicted molar refractivity (Wildman–Crippen MR) is 100 cm³/mol. The summed E-state index contributed by atoms with van der Waals surface area (Å²) in [6.07, 6.45) is 3.91. The number of unbranched alkanes of at least 4 members (excludes halogenated alkanes) is 1. The van der Waals surface area contributed by atoms with Crippen molar-refractivity contribution in [1.29, 1.82) is 0 Å². The average Bonchev–Trinajstić information content (AvgIpc) is 3.31. The number of carbonyl (C=O) groups is 4. The van der Waals surface area contributed by atoms with Crippen LogP contribution in [0.1, 0.15) is 70.1 Å². The highest BCUT2D eigenvalue weighted by Gasteiger charge is 2.55. The van der Waals surface area contributed by atoms with Gasteiger partial charge in [-0.3, -0.25) is 24.1 Å². The summed E-state index contributed by atoms with van der Waals surface area (Å²) >= 11 is 0. The zero-order chi connectivity index (χ0) is 20.1. The molecule has 0 spiro atoms. The molecule has 0 unspecified atom stereocenters. The lowest BCUT2D eigenvalue weighted by molar-refractivity contribution is -0.149. The monoisotopic (exact) mass is 384 g/mol. The van der Waals surface area contributed by atoms with Crippen molar-refractivity contribution in [3.8, 4) is 0 Å². The van der Waals surface area contributed by atoms with Gasteiger partial charge in [0, 0.05) is 25.2 Å². The third kappa shape index (κ3) is 2.64.